The predicted molar refractivity (Wildman–Crippen MR) is 138 cm³/mol. The van der Waals surface area contributed by atoms with Gasteiger partial charge in [0.25, 0.3) is 0 Å². The number of nitrogens with zero attached hydrogens (tertiary/aromatic N) is 7. The van der Waals surface area contributed by atoms with E-state index in [2.05, 4.69) is 15.0 Å². The Labute approximate surface area is 224 Å². The third kappa shape index (κ3) is 4.97. The molecule has 202 valence electrons. The highest BCUT2D eigenvalue weighted by atomic mass is 32.1. The largest absolute Gasteiger partial charge is 0.443 e. The van der Waals surface area contributed by atoms with E-state index in [1.54, 1.807) is 25.2 Å². The van der Waals surface area contributed by atoms with Crippen molar-refractivity contribution in [1.29, 1.82) is 5.26 Å². The van der Waals surface area contributed by atoms with Crippen LogP contribution in [0.1, 0.15) is 41.8 Å². The molecule has 3 atom stereocenters. The number of alkyl halides is 3. The lowest BCUT2D eigenvalue weighted by atomic mass is 9.97. The van der Waals surface area contributed by atoms with Gasteiger partial charge in [0.05, 0.1) is 17.3 Å². The van der Waals surface area contributed by atoms with Crippen LogP contribution in [-0.2, 0) is 13.2 Å². The highest BCUT2D eigenvalue weighted by molar-refractivity contribution is 7.09. The molecule has 0 bridgehead atoms. The summed E-state index contributed by atoms with van der Waals surface area (Å²) < 4.78 is 55.3. The summed E-state index contributed by atoms with van der Waals surface area (Å²) in [4.78, 5) is 29.3. The summed E-state index contributed by atoms with van der Waals surface area (Å²) in [6.45, 7) is 4.58. The SMILES string of the molecule is C[C@@H]1CN(c2nc(=O)n(C)c3ccc(C#N)nc23)[C@@H](C)CN1C(c1ccc(F)cc1)c1csc(C(F)(F)F)n1. The van der Waals surface area contributed by atoms with E-state index < -0.39 is 28.7 Å². The molecule has 1 aromatic carbocycles. The summed E-state index contributed by atoms with van der Waals surface area (Å²) >= 11 is 0.525. The number of hydrogen-bond acceptors (Lipinski definition) is 8. The number of aryl methyl sites for hydroxylation is 1. The molecular weight excluding hydrogens is 534 g/mol. The molecule has 4 heterocycles. The monoisotopic (exact) mass is 557 g/mol. The maximum Gasteiger partial charge on any atom is 0.443 e. The average molecular weight is 558 g/mol. The highest BCUT2D eigenvalue weighted by Gasteiger charge is 2.40. The Balaban J connectivity index is 1.55. The maximum atomic E-state index is 13.7. The molecule has 1 aliphatic rings. The summed E-state index contributed by atoms with van der Waals surface area (Å²) in [6, 6.07) is 9.71. The lowest BCUT2D eigenvalue weighted by Gasteiger charge is -2.47. The van der Waals surface area contributed by atoms with Crippen molar-refractivity contribution >= 4 is 28.2 Å². The minimum Gasteiger partial charge on any atom is -0.349 e. The Bertz CT molecular complexity index is 1630. The molecule has 0 N–H and O–H groups in total. The van der Waals surface area contributed by atoms with Gasteiger partial charge >= 0.3 is 11.9 Å². The summed E-state index contributed by atoms with van der Waals surface area (Å²) in [5.41, 5.74) is 1.48. The van der Waals surface area contributed by atoms with Gasteiger partial charge in [0, 0.05) is 37.6 Å². The van der Waals surface area contributed by atoms with Gasteiger partial charge in [-0.05, 0) is 43.7 Å². The van der Waals surface area contributed by atoms with E-state index in [4.69, 9.17) is 0 Å². The number of aromatic nitrogens is 4. The summed E-state index contributed by atoms with van der Waals surface area (Å²) in [5.74, 6) is -0.110. The first-order chi connectivity index (χ1) is 18.5. The van der Waals surface area contributed by atoms with Crippen LogP contribution in [0.15, 0.2) is 46.6 Å². The van der Waals surface area contributed by atoms with Gasteiger partial charge in [0.15, 0.2) is 10.8 Å². The zero-order chi connectivity index (χ0) is 28.1. The summed E-state index contributed by atoms with van der Waals surface area (Å²) in [5, 5.41) is 9.82. The number of halogens is 4. The number of fused-ring (bicyclic) bond motifs is 1. The summed E-state index contributed by atoms with van der Waals surface area (Å²) in [6.07, 6.45) is -4.57. The normalized spacial score (nSPS) is 19.3. The van der Waals surface area contributed by atoms with Gasteiger partial charge in [-0.2, -0.15) is 23.4 Å². The fraction of sp³-hybridized carbons (Fsp3) is 0.346. The lowest BCUT2D eigenvalue weighted by molar-refractivity contribution is -0.137. The van der Waals surface area contributed by atoms with Crippen LogP contribution < -0.4 is 10.6 Å². The van der Waals surface area contributed by atoms with E-state index in [-0.39, 0.29) is 23.5 Å². The fourth-order valence-electron chi connectivity index (χ4n) is 5.00. The molecule has 4 aromatic rings. The number of anilines is 1. The first-order valence-corrected chi connectivity index (χ1v) is 12.9. The van der Waals surface area contributed by atoms with Gasteiger partial charge in [-0.1, -0.05) is 12.1 Å². The topological polar surface area (TPSA) is 90.9 Å². The molecule has 5 rings (SSSR count). The van der Waals surface area contributed by atoms with Gasteiger partial charge in [-0.3, -0.25) is 9.47 Å². The van der Waals surface area contributed by atoms with Crippen LogP contribution in [0.25, 0.3) is 11.0 Å². The Morgan fingerprint density at radius 2 is 1.77 bits per heavy atom. The number of pyridine rings is 1. The molecule has 39 heavy (non-hydrogen) atoms. The molecule has 0 amide bonds. The highest BCUT2D eigenvalue weighted by Crippen LogP contribution is 2.38. The Morgan fingerprint density at radius 3 is 2.41 bits per heavy atom. The van der Waals surface area contributed by atoms with E-state index in [1.807, 2.05) is 29.7 Å². The quantitative estimate of drug-likeness (QED) is 0.341. The van der Waals surface area contributed by atoms with E-state index in [0.717, 1.165) is 0 Å². The van der Waals surface area contributed by atoms with Crippen LogP contribution in [0.3, 0.4) is 0 Å². The molecule has 0 spiro atoms. The number of nitriles is 1. The van der Waals surface area contributed by atoms with Crippen LogP contribution in [0.4, 0.5) is 23.4 Å². The van der Waals surface area contributed by atoms with Gasteiger partial charge in [0.2, 0.25) is 0 Å². The molecule has 0 saturated carbocycles. The zero-order valence-electron chi connectivity index (χ0n) is 21.1. The molecule has 0 radical (unpaired) electrons. The Hall–Kier alpha value is -3.89. The van der Waals surface area contributed by atoms with Crippen LogP contribution in [0.5, 0.6) is 0 Å². The standard InChI is InChI=1S/C26H23F4N7OS/c1-14-12-37(23-21-20(35(3)25(38)34-23)9-8-18(10-31)32-21)15(2)11-36(14)22(16-4-6-17(27)7-5-16)19-13-39-24(33-19)26(28,29)30/h4-9,13-15,22H,11-12H2,1-3H3/t14-,15+,22?/m1/s1. The predicted octanol–water partition coefficient (Wildman–Crippen LogP) is 4.50. The van der Waals surface area contributed by atoms with Crippen molar-refractivity contribution in [3.63, 3.8) is 0 Å². The van der Waals surface area contributed by atoms with Gasteiger partial charge < -0.3 is 4.90 Å². The molecule has 1 saturated heterocycles. The molecule has 3 aromatic heterocycles. The number of thiazole rings is 1. The fourth-order valence-corrected chi connectivity index (χ4v) is 5.70. The van der Waals surface area contributed by atoms with E-state index >= 15 is 0 Å². The first-order valence-electron chi connectivity index (χ1n) is 12.1. The molecule has 8 nitrogen and oxygen atoms in total. The molecule has 13 heteroatoms. The molecule has 1 aliphatic heterocycles. The molecule has 1 fully saturated rings. The maximum absolute atomic E-state index is 13.7. The second kappa shape index (κ2) is 10.0. The minimum atomic E-state index is -4.57. The smallest absolute Gasteiger partial charge is 0.349 e. The van der Waals surface area contributed by atoms with Crippen molar-refractivity contribution in [3.05, 3.63) is 80.0 Å². The molecular formula is C26H23F4N7OS. The van der Waals surface area contributed by atoms with Crippen molar-refractivity contribution in [2.24, 2.45) is 7.05 Å². The number of benzene rings is 1. The van der Waals surface area contributed by atoms with Crippen molar-refractivity contribution in [2.75, 3.05) is 18.0 Å². The Kier molecular flexibility index (Phi) is 6.86. The van der Waals surface area contributed by atoms with E-state index in [0.29, 0.717) is 46.8 Å². The number of rotatable bonds is 4. The second-order valence-corrected chi connectivity index (χ2v) is 10.4. The van der Waals surface area contributed by atoms with Crippen LogP contribution in [-0.4, -0.2) is 49.6 Å². The number of hydrogen-bond donors (Lipinski definition) is 0. The average Bonchev–Trinajstić information content (AvgIpc) is 3.40. The van der Waals surface area contributed by atoms with Crippen molar-refractivity contribution in [2.45, 2.75) is 38.1 Å². The van der Waals surface area contributed by atoms with Gasteiger partial charge in [-0.15, -0.1) is 11.3 Å². The van der Waals surface area contributed by atoms with E-state index in [9.17, 15) is 27.6 Å². The lowest BCUT2D eigenvalue weighted by Crippen LogP contribution is -2.58. The molecule has 1 unspecified atom stereocenters. The summed E-state index contributed by atoms with van der Waals surface area (Å²) in [7, 11) is 1.58. The van der Waals surface area contributed by atoms with Crippen LogP contribution in [0.2, 0.25) is 0 Å². The van der Waals surface area contributed by atoms with Gasteiger partial charge in [-0.25, -0.2) is 19.2 Å². The second-order valence-electron chi connectivity index (χ2n) is 9.53. The van der Waals surface area contributed by atoms with Crippen LogP contribution in [0, 0.1) is 17.1 Å². The third-order valence-corrected chi connectivity index (χ3v) is 7.82. The first kappa shape index (κ1) is 26.7. The third-order valence-electron chi connectivity index (χ3n) is 6.92. The zero-order valence-corrected chi connectivity index (χ0v) is 22.0. The van der Waals surface area contributed by atoms with Crippen LogP contribution >= 0.6 is 11.3 Å². The minimum absolute atomic E-state index is 0.184. The van der Waals surface area contributed by atoms with Gasteiger partial charge in [0.1, 0.15) is 23.1 Å². The molecule has 0 aliphatic carbocycles. The van der Waals surface area contributed by atoms with Crippen molar-refractivity contribution in [3.8, 4) is 6.07 Å². The number of piperazine rings is 1. The Morgan fingerprint density at radius 1 is 1.05 bits per heavy atom. The van der Waals surface area contributed by atoms with Crippen molar-refractivity contribution in [1.82, 2.24) is 24.4 Å². The van der Waals surface area contributed by atoms with Crippen molar-refractivity contribution < 1.29 is 17.6 Å². The van der Waals surface area contributed by atoms with E-state index in [1.165, 1.54) is 28.1 Å².